The molecule has 1 atom stereocenters. The Labute approximate surface area is 235 Å². The molecule has 10 heteroatoms. The van der Waals surface area contributed by atoms with Gasteiger partial charge in [-0.15, -0.1) is 0 Å². The largest absolute Gasteiger partial charge is 0.391 e. The number of amides is 1. The first-order valence-electron chi connectivity index (χ1n) is 14.0. The Morgan fingerprint density at radius 1 is 1.15 bits per heavy atom. The van der Waals surface area contributed by atoms with Crippen LogP contribution in [0.4, 0.5) is 13.2 Å². The number of hydrogen-bond donors (Lipinski definition) is 1. The highest BCUT2D eigenvalue weighted by Crippen LogP contribution is 2.40. The molecule has 1 aromatic carbocycles. The summed E-state index contributed by atoms with van der Waals surface area (Å²) in [5.41, 5.74) is 3.21. The SMILES string of the molecule is CCS(=O)(=O)c1ccc(CNC(=O)c2cnc3c(c2)CCN(/C=C\C2CCC(C(F)(F)F)CC2)[C@H]3C(C)C)cc1. The zero-order valence-corrected chi connectivity index (χ0v) is 24.1. The topological polar surface area (TPSA) is 79.4 Å². The first-order chi connectivity index (χ1) is 18.9. The van der Waals surface area contributed by atoms with E-state index in [2.05, 4.69) is 30.1 Å². The molecule has 218 valence electrons. The Hall–Kier alpha value is -2.88. The Morgan fingerprint density at radius 2 is 1.82 bits per heavy atom. The molecule has 0 spiro atoms. The van der Waals surface area contributed by atoms with Gasteiger partial charge in [0.25, 0.3) is 5.91 Å². The lowest BCUT2D eigenvalue weighted by Crippen LogP contribution is -2.36. The van der Waals surface area contributed by atoms with E-state index >= 15 is 0 Å². The molecule has 2 heterocycles. The van der Waals surface area contributed by atoms with Crippen molar-refractivity contribution in [2.45, 2.75) is 76.5 Å². The minimum absolute atomic E-state index is 0.0153. The lowest BCUT2D eigenvalue weighted by molar-refractivity contribution is -0.183. The molecule has 1 fully saturated rings. The van der Waals surface area contributed by atoms with Crippen molar-refractivity contribution in [1.82, 2.24) is 15.2 Å². The molecular formula is C30H38F3N3O3S. The van der Waals surface area contributed by atoms with Gasteiger partial charge in [-0.2, -0.15) is 13.2 Å². The number of pyridine rings is 1. The lowest BCUT2D eigenvalue weighted by Gasteiger charge is -2.39. The van der Waals surface area contributed by atoms with Crippen molar-refractivity contribution in [2.24, 2.45) is 17.8 Å². The Bertz CT molecular complexity index is 1320. The van der Waals surface area contributed by atoms with Crippen LogP contribution in [0.25, 0.3) is 0 Å². The third kappa shape index (κ3) is 7.06. The van der Waals surface area contributed by atoms with Gasteiger partial charge in [-0.3, -0.25) is 9.78 Å². The summed E-state index contributed by atoms with van der Waals surface area (Å²) < 4.78 is 63.0. The number of hydrogen-bond acceptors (Lipinski definition) is 5. The number of nitrogens with zero attached hydrogens (tertiary/aromatic N) is 2. The molecule has 1 N–H and O–H groups in total. The maximum atomic E-state index is 13.0. The summed E-state index contributed by atoms with van der Waals surface area (Å²) in [5, 5.41) is 2.89. The van der Waals surface area contributed by atoms with Crippen LogP contribution in [0.15, 0.2) is 53.7 Å². The van der Waals surface area contributed by atoms with Gasteiger partial charge < -0.3 is 10.2 Å². The van der Waals surface area contributed by atoms with Crippen LogP contribution in [-0.2, 0) is 22.8 Å². The van der Waals surface area contributed by atoms with Crippen LogP contribution < -0.4 is 5.32 Å². The molecule has 2 aromatic rings. The average molecular weight is 578 g/mol. The van der Waals surface area contributed by atoms with Crippen molar-refractivity contribution in [3.63, 3.8) is 0 Å². The minimum atomic E-state index is -4.10. The van der Waals surface area contributed by atoms with E-state index in [-0.39, 0.29) is 53.8 Å². The number of nitrogens with one attached hydrogen (secondary N) is 1. The van der Waals surface area contributed by atoms with E-state index in [0.29, 0.717) is 24.8 Å². The van der Waals surface area contributed by atoms with Crippen molar-refractivity contribution in [1.29, 1.82) is 0 Å². The van der Waals surface area contributed by atoms with Gasteiger partial charge in [0.05, 0.1) is 33.9 Å². The van der Waals surface area contributed by atoms with Gasteiger partial charge in [0, 0.05) is 19.3 Å². The lowest BCUT2D eigenvalue weighted by atomic mass is 9.81. The fourth-order valence-corrected chi connectivity index (χ4v) is 6.54. The zero-order chi connectivity index (χ0) is 29.1. The highest BCUT2D eigenvalue weighted by atomic mass is 32.2. The van der Waals surface area contributed by atoms with Crippen molar-refractivity contribution in [3.05, 3.63) is 71.2 Å². The maximum Gasteiger partial charge on any atom is 0.391 e. The first-order valence-corrected chi connectivity index (χ1v) is 15.6. The van der Waals surface area contributed by atoms with E-state index in [9.17, 15) is 26.4 Å². The molecule has 2 aliphatic rings. The molecule has 0 radical (unpaired) electrons. The first kappa shape index (κ1) is 30.1. The van der Waals surface area contributed by atoms with Gasteiger partial charge in [-0.1, -0.05) is 39.0 Å². The minimum Gasteiger partial charge on any atom is -0.369 e. The Balaban J connectivity index is 1.39. The third-order valence-corrected chi connectivity index (χ3v) is 9.82. The fraction of sp³-hybridized carbons (Fsp3) is 0.533. The van der Waals surface area contributed by atoms with Crippen LogP contribution >= 0.6 is 0 Å². The number of allylic oxidation sites excluding steroid dienone is 1. The van der Waals surface area contributed by atoms with Gasteiger partial charge >= 0.3 is 6.18 Å². The van der Waals surface area contributed by atoms with Crippen LogP contribution in [0, 0.1) is 17.8 Å². The van der Waals surface area contributed by atoms with Crippen LogP contribution in [0.1, 0.15) is 79.7 Å². The molecular weight excluding hydrogens is 539 g/mol. The van der Waals surface area contributed by atoms with E-state index in [1.807, 2.05) is 12.3 Å². The summed E-state index contributed by atoms with van der Waals surface area (Å²) in [5.74, 6) is -0.996. The van der Waals surface area contributed by atoms with Crippen LogP contribution in [0.2, 0.25) is 0 Å². The molecule has 6 nitrogen and oxygen atoms in total. The van der Waals surface area contributed by atoms with Gasteiger partial charge in [-0.05, 0) is 79.5 Å². The highest BCUT2D eigenvalue weighted by Gasteiger charge is 2.41. The smallest absolute Gasteiger partial charge is 0.369 e. The summed E-state index contributed by atoms with van der Waals surface area (Å²) in [6, 6.07) is 8.42. The van der Waals surface area contributed by atoms with Gasteiger partial charge in [-0.25, -0.2) is 8.42 Å². The molecule has 1 aliphatic carbocycles. The monoisotopic (exact) mass is 577 g/mol. The molecule has 1 aliphatic heterocycles. The number of alkyl halides is 3. The second-order valence-corrected chi connectivity index (χ2v) is 13.4. The zero-order valence-electron chi connectivity index (χ0n) is 23.2. The second-order valence-electron chi connectivity index (χ2n) is 11.2. The van der Waals surface area contributed by atoms with E-state index in [4.69, 9.17) is 4.98 Å². The normalized spacial score (nSPS) is 22.0. The summed E-state index contributed by atoms with van der Waals surface area (Å²) in [4.78, 5) is 20.1. The number of halogens is 3. The summed E-state index contributed by atoms with van der Waals surface area (Å²) in [6.07, 6.45) is 3.80. The Morgan fingerprint density at radius 3 is 2.42 bits per heavy atom. The van der Waals surface area contributed by atoms with Crippen molar-refractivity contribution < 1.29 is 26.4 Å². The quantitative estimate of drug-likeness (QED) is 0.402. The van der Waals surface area contributed by atoms with Gasteiger partial charge in [0.2, 0.25) is 0 Å². The van der Waals surface area contributed by atoms with Gasteiger partial charge in [0.15, 0.2) is 9.84 Å². The number of aromatic nitrogens is 1. The predicted octanol–water partition coefficient (Wildman–Crippen LogP) is 6.24. The molecule has 1 aromatic heterocycles. The third-order valence-electron chi connectivity index (χ3n) is 8.07. The number of carbonyl (C=O) groups is 1. The number of benzene rings is 1. The molecule has 4 rings (SSSR count). The van der Waals surface area contributed by atoms with Crippen molar-refractivity contribution >= 4 is 15.7 Å². The van der Waals surface area contributed by atoms with Crippen LogP contribution in [0.5, 0.6) is 0 Å². The van der Waals surface area contributed by atoms with E-state index in [0.717, 1.165) is 23.4 Å². The number of carbonyl (C=O) groups excluding carboxylic acids is 1. The molecule has 40 heavy (non-hydrogen) atoms. The molecule has 0 bridgehead atoms. The van der Waals surface area contributed by atoms with Crippen LogP contribution in [-0.4, -0.2) is 42.7 Å². The van der Waals surface area contributed by atoms with Gasteiger partial charge in [0.1, 0.15) is 0 Å². The fourth-order valence-electron chi connectivity index (χ4n) is 5.66. The van der Waals surface area contributed by atoms with Crippen LogP contribution in [0.3, 0.4) is 0 Å². The number of rotatable bonds is 8. The molecule has 0 saturated heterocycles. The molecule has 1 amide bonds. The standard InChI is InChI=1S/C30H38F3N3O3S/c1-4-40(38,39)26-11-7-22(8-12-26)18-35-29(37)24-17-23-14-16-36(28(20(2)3)27(23)34-19-24)15-13-21-5-9-25(10-6-21)30(31,32)33/h7-8,11-13,15,17,19-21,25,28H,4-6,9-10,14,16,18H2,1-3H3,(H,35,37)/b15-13-/t21?,25?,28-/m0/s1. The number of fused-ring (bicyclic) bond motifs is 1. The van der Waals surface area contributed by atoms with E-state index in [1.165, 1.54) is 0 Å². The van der Waals surface area contributed by atoms with E-state index < -0.39 is 21.9 Å². The molecule has 1 saturated carbocycles. The maximum absolute atomic E-state index is 13.0. The summed E-state index contributed by atoms with van der Waals surface area (Å²) >= 11 is 0. The van der Waals surface area contributed by atoms with Crippen molar-refractivity contribution in [3.8, 4) is 0 Å². The Kier molecular flexibility index (Phi) is 9.27. The molecule has 0 unspecified atom stereocenters. The highest BCUT2D eigenvalue weighted by molar-refractivity contribution is 7.91. The van der Waals surface area contributed by atoms with Crippen molar-refractivity contribution in [2.75, 3.05) is 12.3 Å². The predicted molar refractivity (Wildman–Crippen MR) is 148 cm³/mol. The average Bonchev–Trinajstić information content (AvgIpc) is 2.94. The second kappa shape index (κ2) is 12.3. The summed E-state index contributed by atoms with van der Waals surface area (Å²) in [6.45, 7) is 6.84. The summed E-state index contributed by atoms with van der Waals surface area (Å²) in [7, 11) is -3.27. The number of sulfone groups is 1. The van der Waals surface area contributed by atoms with E-state index in [1.54, 1.807) is 37.4 Å².